The van der Waals surface area contributed by atoms with E-state index in [1.54, 1.807) is 0 Å². The molecule has 48 heavy (non-hydrogen) atoms. The number of benzene rings is 3. The fraction of sp³-hybridized carbons (Fsp3) is 0.306. The molecule has 7 rings (SSSR count). The smallest absolute Gasteiger partial charge is 0.333 e. The molecule has 0 bridgehead atoms. The van der Waals surface area contributed by atoms with Crippen molar-refractivity contribution in [1.82, 2.24) is 39.3 Å². The molecule has 6 aromatic rings. The van der Waals surface area contributed by atoms with E-state index in [4.69, 9.17) is 9.72 Å². The normalized spacial score (nSPS) is 13.6. The molecule has 1 N–H and O–H groups in total. The number of tetrazole rings is 1. The van der Waals surface area contributed by atoms with Crippen LogP contribution >= 0.6 is 0 Å². The third-order valence-corrected chi connectivity index (χ3v) is 9.21. The van der Waals surface area contributed by atoms with Crippen LogP contribution in [-0.2, 0) is 35.6 Å². The Morgan fingerprint density at radius 1 is 0.854 bits per heavy atom. The molecule has 12 heteroatoms. The molecule has 1 aliphatic rings. The maximum Gasteiger partial charge on any atom is 0.333 e. The molecule has 0 radical (unpaired) electrons. The van der Waals surface area contributed by atoms with Crippen LogP contribution in [0.5, 0.6) is 0 Å². The number of hydrogen-bond acceptors (Lipinski definition) is 8. The van der Waals surface area contributed by atoms with Crippen LogP contribution in [0.4, 0.5) is 0 Å². The van der Waals surface area contributed by atoms with Crippen LogP contribution in [-0.4, -0.2) is 52.4 Å². The van der Waals surface area contributed by atoms with Gasteiger partial charge in [0.1, 0.15) is 12.4 Å². The monoisotopic (exact) mass is 644 g/mol. The summed E-state index contributed by atoms with van der Waals surface area (Å²) in [6.45, 7) is 0.198. The topological polar surface area (TPSA) is 143 Å². The predicted molar refractivity (Wildman–Crippen MR) is 180 cm³/mol. The minimum Gasteiger partial charge on any atom is -0.468 e. The summed E-state index contributed by atoms with van der Waals surface area (Å²) in [6, 6.07) is 25.8. The number of imidazole rings is 1. The lowest BCUT2D eigenvalue weighted by Crippen LogP contribution is -2.42. The van der Waals surface area contributed by atoms with Gasteiger partial charge in [-0.25, -0.2) is 9.78 Å². The largest absolute Gasteiger partial charge is 0.468 e. The molecule has 1 aliphatic carbocycles. The number of nitrogens with zero attached hydrogens (tertiary/aromatic N) is 7. The Balaban J connectivity index is 1.34. The highest BCUT2D eigenvalue weighted by Gasteiger charge is 2.28. The van der Waals surface area contributed by atoms with Gasteiger partial charge in [0.2, 0.25) is 5.82 Å². The molecule has 0 amide bonds. The average molecular weight is 645 g/mol. The molecule has 0 atom stereocenters. The number of hydrogen-bond donors (Lipinski definition) is 1. The van der Waals surface area contributed by atoms with Crippen LogP contribution in [0.15, 0.2) is 88.5 Å². The summed E-state index contributed by atoms with van der Waals surface area (Å²) in [6.07, 6.45) is 5.66. The summed E-state index contributed by atoms with van der Waals surface area (Å²) in [5.41, 5.74) is 4.33. The first kappa shape index (κ1) is 31.0. The molecule has 0 unspecified atom stereocenters. The summed E-state index contributed by atoms with van der Waals surface area (Å²) in [5.74, 6) is 0.827. The molecule has 3 aromatic heterocycles. The third-order valence-electron chi connectivity index (χ3n) is 9.21. The second-order valence-electron chi connectivity index (χ2n) is 12.2. The predicted octanol–water partition coefficient (Wildman–Crippen LogP) is 4.72. The fourth-order valence-corrected chi connectivity index (χ4v) is 6.74. The van der Waals surface area contributed by atoms with Gasteiger partial charge in [0, 0.05) is 24.6 Å². The first-order valence-corrected chi connectivity index (χ1v) is 16.3. The highest BCUT2D eigenvalue weighted by Crippen LogP contribution is 2.34. The Kier molecular flexibility index (Phi) is 8.78. The van der Waals surface area contributed by atoms with Gasteiger partial charge in [0.25, 0.3) is 5.56 Å². The molecule has 3 aromatic carbocycles. The lowest BCUT2D eigenvalue weighted by molar-refractivity contribution is -0.141. The zero-order valence-electron chi connectivity index (χ0n) is 26.7. The maximum atomic E-state index is 14.3. The van der Waals surface area contributed by atoms with E-state index >= 15 is 0 Å². The number of H-pyrrole nitrogens is 1. The van der Waals surface area contributed by atoms with Gasteiger partial charge < -0.3 is 9.30 Å². The van der Waals surface area contributed by atoms with Crippen molar-refractivity contribution in [2.75, 3.05) is 7.11 Å². The number of fused-ring (bicyclic) bond motifs is 1. The Morgan fingerprint density at radius 3 is 2.29 bits per heavy atom. The number of aryl methyl sites for hydroxylation is 1. The summed E-state index contributed by atoms with van der Waals surface area (Å²) < 4.78 is 9.46. The van der Waals surface area contributed by atoms with E-state index in [-0.39, 0.29) is 24.7 Å². The van der Waals surface area contributed by atoms with Gasteiger partial charge in [-0.05, 0) is 46.7 Å². The lowest BCUT2D eigenvalue weighted by Gasteiger charge is -2.22. The summed E-state index contributed by atoms with van der Waals surface area (Å²) in [7, 11) is 1.28. The number of carbonyl (C=O) groups is 1. The van der Waals surface area contributed by atoms with E-state index in [0.29, 0.717) is 24.3 Å². The van der Waals surface area contributed by atoms with Gasteiger partial charge in [-0.3, -0.25) is 18.7 Å². The van der Waals surface area contributed by atoms with Crippen molar-refractivity contribution in [3.8, 4) is 22.5 Å². The van der Waals surface area contributed by atoms with Crippen molar-refractivity contribution in [3.63, 3.8) is 0 Å². The van der Waals surface area contributed by atoms with Gasteiger partial charge in [-0.1, -0.05) is 98.1 Å². The van der Waals surface area contributed by atoms with Crippen LogP contribution in [0.25, 0.3) is 33.7 Å². The lowest BCUT2D eigenvalue weighted by atomic mass is 9.88. The number of rotatable bonds is 10. The number of aromatic nitrogens is 8. The number of esters is 1. The van der Waals surface area contributed by atoms with E-state index in [1.807, 2.05) is 83.4 Å². The molecular weight excluding hydrogens is 608 g/mol. The van der Waals surface area contributed by atoms with E-state index in [1.165, 1.54) is 16.2 Å². The third kappa shape index (κ3) is 6.08. The molecule has 12 nitrogen and oxygen atoms in total. The number of methoxy groups -OCH3 is 1. The molecule has 0 aliphatic heterocycles. The maximum absolute atomic E-state index is 14.3. The van der Waals surface area contributed by atoms with Crippen LogP contribution in [0.3, 0.4) is 0 Å². The van der Waals surface area contributed by atoms with E-state index in [2.05, 4.69) is 20.6 Å². The molecule has 1 fully saturated rings. The van der Waals surface area contributed by atoms with Gasteiger partial charge in [0.05, 0.1) is 7.11 Å². The van der Waals surface area contributed by atoms with Crippen molar-refractivity contribution in [1.29, 1.82) is 0 Å². The van der Waals surface area contributed by atoms with Gasteiger partial charge >= 0.3 is 11.7 Å². The summed E-state index contributed by atoms with van der Waals surface area (Å²) in [4.78, 5) is 45.8. The molecule has 244 valence electrons. The van der Waals surface area contributed by atoms with E-state index in [9.17, 15) is 14.4 Å². The van der Waals surface area contributed by atoms with Crippen molar-refractivity contribution in [2.24, 2.45) is 0 Å². The minimum atomic E-state index is -0.586. The van der Waals surface area contributed by atoms with Crippen molar-refractivity contribution >= 4 is 17.1 Å². The summed E-state index contributed by atoms with van der Waals surface area (Å²) >= 11 is 0. The number of nitrogens with one attached hydrogen (secondary N) is 1. The Bertz CT molecular complexity index is 2160. The quantitative estimate of drug-likeness (QED) is 0.211. The Morgan fingerprint density at radius 2 is 1.58 bits per heavy atom. The summed E-state index contributed by atoms with van der Waals surface area (Å²) in [5, 5.41) is 14.6. The van der Waals surface area contributed by atoms with E-state index < -0.39 is 17.2 Å². The zero-order chi connectivity index (χ0) is 33.0. The van der Waals surface area contributed by atoms with E-state index in [0.717, 1.165) is 65.7 Å². The highest BCUT2D eigenvalue weighted by molar-refractivity contribution is 5.80. The Labute approximate surface area is 276 Å². The highest BCUT2D eigenvalue weighted by atomic mass is 16.5. The van der Waals surface area contributed by atoms with Crippen LogP contribution in [0, 0.1) is 0 Å². The van der Waals surface area contributed by atoms with Crippen LogP contribution in [0.1, 0.15) is 55.0 Å². The van der Waals surface area contributed by atoms with Crippen molar-refractivity contribution in [2.45, 2.75) is 64.1 Å². The molecule has 3 heterocycles. The second-order valence-corrected chi connectivity index (χ2v) is 12.2. The van der Waals surface area contributed by atoms with Crippen molar-refractivity contribution in [3.05, 3.63) is 117 Å². The zero-order valence-corrected chi connectivity index (χ0v) is 26.7. The molecule has 1 saturated carbocycles. The van der Waals surface area contributed by atoms with Crippen molar-refractivity contribution < 1.29 is 9.53 Å². The van der Waals surface area contributed by atoms with Crippen LogP contribution < -0.4 is 11.2 Å². The first-order chi connectivity index (χ1) is 23.5. The molecular formula is C36H36N8O4. The number of ether oxygens (including phenoxy) is 1. The van der Waals surface area contributed by atoms with Gasteiger partial charge in [-0.15, -0.1) is 10.2 Å². The Hall–Kier alpha value is -5.65. The number of aromatic amines is 1. The standard InChI is InChI=1S/C36H36N8O4/c1-48-30(45)23-44-34-31(35(46)42(36(44)47)21-20-24-10-4-2-5-11-24)43(33(37-34)27-12-6-3-7-13-27)22-25-16-18-26(19-17-25)28-14-8-9-15-29(28)32-38-40-41-39-32/h2,4-5,8-11,14-19,27H,3,6-7,12-13,20-23H2,1H3,(H,38,39,40,41). The van der Waals surface area contributed by atoms with Gasteiger partial charge in [0.15, 0.2) is 11.2 Å². The minimum absolute atomic E-state index is 0.131. The molecule has 0 saturated heterocycles. The number of carbonyl (C=O) groups excluding carboxylic acids is 1. The van der Waals surface area contributed by atoms with Gasteiger partial charge in [-0.2, -0.15) is 5.21 Å². The average Bonchev–Trinajstić information content (AvgIpc) is 3.80. The molecule has 0 spiro atoms. The fourth-order valence-electron chi connectivity index (χ4n) is 6.74. The first-order valence-electron chi connectivity index (χ1n) is 16.3. The SMILES string of the molecule is COC(=O)Cn1c(=O)n(CCc2ccccc2)c(=O)c2c1nc(C1CCCCC1)n2Cc1ccc(-c2ccccc2-c2nn[nH]n2)cc1. The second kappa shape index (κ2) is 13.6. The van der Waals surface area contributed by atoms with Crippen LogP contribution in [0.2, 0.25) is 0 Å².